The Morgan fingerprint density at radius 1 is 1.47 bits per heavy atom. The minimum absolute atomic E-state index is 0.000534. The minimum atomic E-state index is -0.000534. The molecule has 0 bridgehead atoms. The highest BCUT2D eigenvalue weighted by molar-refractivity contribution is 6.17. The molecule has 0 aromatic carbocycles. The van der Waals surface area contributed by atoms with Gasteiger partial charge < -0.3 is 9.64 Å². The van der Waals surface area contributed by atoms with Crippen LogP contribution in [0, 0.1) is 6.92 Å². The maximum absolute atomic E-state index is 12.4. The van der Waals surface area contributed by atoms with Gasteiger partial charge in [-0.25, -0.2) is 0 Å². The molecule has 6 heteroatoms. The summed E-state index contributed by atoms with van der Waals surface area (Å²) in [6, 6.07) is 1.83. The summed E-state index contributed by atoms with van der Waals surface area (Å²) >= 11 is 5.53. The molecule has 108 valence electrons. The van der Waals surface area contributed by atoms with Crippen molar-refractivity contribution in [3.05, 3.63) is 17.5 Å². The lowest BCUT2D eigenvalue weighted by atomic mass is 10.3. The van der Waals surface area contributed by atoms with Crippen LogP contribution in [0.1, 0.15) is 30.0 Å². The number of amides is 1. The van der Waals surface area contributed by atoms with Crippen LogP contribution in [-0.2, 0) is 11.3 Å². The van der Waals surface area contributed by atoms with Gasteiger partial charge in [-0.2, -0.15) is 5.10 Å². The lowest BCUT2D eigenvalue weighted by Gasteiger charge is -2.20. The van der Waals surface area contributed by atoms with E-state index in [2.05, 4.69) is 5.10 Å². The summed E-state index contributed by atoms with van der Waals surface area (Å²) in [5.41, 5.74) is 1.50. The third kappa shape index (κ3) is 4.51. The molecular formula is C13H22ClN3O2. The zero-order chi connectivity index (χ0) is 14.3. The average Bonchev–Trinajstić information content (AvgIpc) is 2.79. The van der Waals surface area contributed by atoms with E-state index in [9.17, 15) is 4.79 Å². The third-order valence-corrected chi connectivity index (χ3v) is 2.97. The van der Waals surface area contributed by atoms with Crippen molar-refractivity contribution in [3.8, 4) is 0 Å². The highest BCUT2D eigenvalue weighted by atomic mass is 35.5. The number of ether oxygens (including phenoxy) is 1. The molecule has 0 saturated heterocycles. The Labute approximate surface area is 119 Å². The minimum Gasteiger partial charge on any atom is -0.378 e. The van der Waals surface area contributed by atoms with Crippen LogP contribution in [0.5, 0.6) is 0 Å². The number of carbonyl (C=O) groups is 1. The number of hydrogen-bond acceptors (Lipinski definition) is 3. The molecule has 0 N–H and O–H groups in total. The predicted molar refractivity (Wildman–Crippen MR) is 75.8 cm³/mol. The number of halogens is 1. The van der Waals surface area contributed by atoms with Crippen LogP contribution in [0.4, 0.5) is 0 Å². The van der Waals surface area contributed by atoms with E-state index in [0.29, 0.717) is 44.4 Å². The van der Waals surface area contributed by atoms with Crippen molar-refractivity contribution >= 4 is 17.5 Å². The fourth-order valence-electron chi connectivity index (χ4n) is 1.86. The van der Waals surface area contributed by atoms with E-state index in [-0.39, 0.29) is 5.91 Å². The van der Waals surface area contributed by atoms with Crippen LogP contribution in [0.3, 0.4) is 0 Å². The number of nitrogens with zero attached hydrogens (tertiary/aromatic N) is 3. The van der Waals surface area contributed by atoms with Gasteiger partial charge in [0.1, 0.15) is 5.69 Å². The van der Waals surface area contributed by atoms with Crippen molar-refractivity contribution < 1.29 is 9.53 Å². The first-order valence-corrected chi connectivity index (χ1v) is 7.14. The summed E-state index contributed by atoms with van der Waals surface area (Å²) in [5.74, 6) is 0.474. The second-order valence-corrected chi connectivity index (χ2v) is 4.55. The van der Waals surface area contributed by atoms with Crippen molar-refractivity contribution in [3.63, 3.8) is 0 Å². The predicted octanol–water partition coefficient (Wildman–Crippen LogP) is 1.93. The van der Waals surface area contributed by atoms with E-state index in [1.165, 1.54) is 0 Å². The van der Waals surface area contributed by atoms with E-state index in [1.807, 2.05) is 26.8 Å². The maximum Gasteiger partial charge on any atom is 0.272 e. The van der Waals surface area contributed by atoms with Crippen LogP contribution in [0.2, 0.25) is 0 Å². The number of aryl methyl sites for hydroxylation is 2. The Morgan fingerprint density at radius 2 is 2.21 bits per heavy atom. The molecule has 1 aromatic rings. The lowest BCUT2D eigenvalue weighted by Crippen LogP contribution is -2.35. The summed E-state index contributed by atoms with van der Waals surface area (Å²) < 4.78 is 7.05. The topological polar surface area (TPSA) is 47.4 Å². The molecule has 0 aliphatic heterocycles. The molecule has 0 aliphatic rings. The molecule has 19 heavy (non-hydrogen) atoms. The molecule has 0 spiro atoms. The van der Waals surface area contributed by atoms with E-state index in [4.69, 9.17) is 16.3 Å². The molecule has 0 fully saturated rings. The molecule has 1 amide bonds. The normalized spacial score (nSPS) is 10.7. The maximum atomic E-state index is 12.4. The van der Waals surface area contributed by atoms with Gasteiger partial charge in [-0.15, -0.1) is 11.6 Å². The van der Waals surface area contributed by atoms with Gasteiger partial charge in [-0.05, 0) is 26.8 Å². The smallest absolute Gasteiger partial charge is 0.272 e. The highest BCUT2D eigenvalue weighted by Crippen LogP contribution is 2.08. The molecule has 0 radical (unpaired) electrons. The van der Waals surface area contributed by atoms with Gasteiger partial charge in [-0.1, -0.05) is 0 Å². The fraction of sp³-hybridized carbons (Fsp3) is 0.692. The number of alkyl halides is 1. The Hall–Kier alpha value is -1.07. The Bertz CT molecular complexity index is 407. The van der Waals surface area contributed by atoms with Crippen molar-refractivity contribution in [2.45, 2.75) is 27.3 Å². The first-order valence-electron chi connectivity index (χ1n) is 6.61. The molecule has 0 atom stereocenters. The van der Waals surface area contributed by atoms with Crippen molar-refractivity contribution in [1.82, 2.24) is 14.7 Å². The van der Waals surface area contributed by atoms with E-state index in [0.717, 1.165) is 5.69 Å². The van der Waals surface area contributed by atoms with Crippen molar-refractivity contribution in [1.29, 1.82) is 0 Å². The summed E-state index contributed by atoms with van der Waals surface area (Å²) in [4.78, 5) is 14.2. The zero-order valence-corrected chi connectivity index (χ0v) is 12.6. The van der Waals surface area contributed by atoms with Crippen LogP contribution < -0.4 is 0 Å². The first kappa shape index (κ1) is 16.0. The number of carbonyl (C=O) groups excluding carboxylic acids is 1. The van der Waals surface area contributed by atoms with E-state index in [1.54, 1.807) is 9.58 Å². The molecular weight excluding hydrogens is 266 g/mol. The van der Waals surface area contributed by atoms with Gasteiger partial charge in [-0.3, -0.25) is 9.48 Å². The number of rotatable bonds is 8. The molecule has 0 aliphatic carbocycles. The average molecular weight is 288 g/mol. The van der Waals surface area contributed by atoms with Crippen LogP contribution >= 0.6 is 11.6 Å². The van der Waals surface area contributed by atoms with Gasteiger partial charge >= 0.3 is 0 Å². The molecule has 0 saturated carbocycles. The van der Waals surface area contributed by atoms with Crippen LogP contribution in [0.15, 0.2) is 6.07 Å². The highest BCUT2D eigenvalue weighted by Gasteiger charge is 2.18. The molecule has 0 unspecified atom stereocenters. The SMILES string of the molecule is CCN(CCOCCCl)C(=O)c1cc(C)nn1CC. The Balaban J connectivity index is 2.66. The number of likely N-dealkylation sites (N-methyl/N-ethyl adjacent to an activating group) is 1. The molecule has 1 heterocycles. The third-order valence-electron chi connectivity index (χ3n) is 2.82. The summed E-state index contributed by atoms with van der Waals surface area (Å²) in [6.07, 6.45) is 0. The zero-order valence-electron chi connectivity index (χ0n) is 11.9. The fourth-order valence-corrected chi connectivity index (χ4v) is 1.96. The monoisotopic (exact) mass is 287 g/mol. The summed E-state index contributed by atoms with van der Waals surface area (Å²) in [5, 5.41) is 4.30. The largest absolute Gasteiger partial charge is 0.378 e. The number of aromatic nitrogens is 2. The Kier molecular flexibility index (Phi) is 6.87. The van der Waals surface area contributed by atoms with Crippen molar-refractivity contribution in [2.75, 3.05) is 32.2 Å². The molecule has 1 aromatic heterocycles. The van der Waals surface area contributed by atoms with Gasteiger partial charge in [0.25, 0.3) is 5.91 Å². The van der Waals surface area contributed by atoms with Crippen LogP contribution in [0.25, 0.3) is 0 Å². The standard InChI is InChI=1S/C13H22ClN3O2/c1-4-16(7-9-19-8-6-14)13(18)12-10-11(3)15-17(12)5-2/h10H,4-9H2,1-3H3. The molecule has 1 rings (SSSR count). The van der Waals surface area contributed by atoms with Crippen molar-refractivity contribution in [2.24, 2.45) is 0 Å². The summed E-state index contributed by atoms with van der Waals surface area (Å²) in [6.45, 7) is 8.75. The van der Waals surface area contributed by atoms with Gasteiger partial charge in [0, 0.05) is 25.5 Å². The number of hydrogen-bond donors (Lipinski definition) is 0. The molecule has 5 nitrogen and oxygen atoms in total. The Morgan fingerprint density at radius 3 is 2.79 bits per heavy atom. The van der Waals surface area contributed by atoms with E-state index < -0.39 is 0 Å². The van der Waals surface area contributed by atoms with Gasteiger partial charge in [0.15, 0.2) is 0 Å². The van der Waals surface area contributed by atoms with Gasteiger partial charge in [0.05, 0.1) is 18.9 Å². The van der Waals surface area contributed by atoms with Crippen LogP contribution in [-0.4, -0.2) is 52.8 Å². The second kappa shape index (κ2) is 8.17. The van der Waals surface area contributed by atoms with E-state index >= 15 is 0 Å². The quantitative estimate of drug-likeness (QED) is 0.542. The summed E-state index contributed by atoms with van der Waals surface area (Å²) in [7, 11) is 0. The lowest BCUT2D eigenvalue weighted by molar-refractivity contribution is 0.0660. The van der Waals surface area contributed by atoms with Gasteiger partial charge in [0.2, 0.25) is 0 Å². The first-order chi connectivity index (χ1) is 9.13. The second-order valence-electron chi connectivity index (χ2n) is 4.17.